The second-order valence-corrected chi connectivity index (χ2v) is 4.82. The van der Waals surface area contributed by atoms with Gasteiger partial charge >= 0.3 is 51.4 Å². The van der Waals surface area contributed by atoms with Crippen LogP contribution >= 0.6 is 0 Å². The Bertz CT molecular complexity index is 581. The molecule has 2 aromatic carbocycles. The van der Waals surface area contributed by atoms with Gasteiger partial charge in [0.25, 0.3) is 10.1 Å². The molecule has 0 aromatic heterocycles. The maximum absolute atomic E-state index is 10.4. The van der Waals surface area contributed by atoms with E-state index in [1.54, 1.807) is 18.2 Å². The van der Waals surface area contributed by atoms with Gasteiger partial charge in [0.05, 0.1) is 4.90 Å². The third kappa shape index (κ3) is 7.79. The Morgan fingerprint density at radius 3 is 1.58 bits per heavy atom. The van der Waals surface area contributed by atoms with Crippen LogP contribution in [0, 0.1) is 0 Å². The van der Waals surface area contributed by atoms with Gasteiger partial charge in [-0.15, -0.1) is 0 Å². The predicted octanol–water partition coefficient (Wildman–Crippen LogP) is 2.61. The van der Waals surface area contributed by atoms with E-state index < -0.39 is 10.1 Å². The number of rotatable bonds is 2. The molecule has 0 aliphatic heterocycles. The SMILES string of the molecule is C=Cc1ccccc1.O=S(=O)(O)c1ccccc1.[KH]. The molecule has 3 nitrogen and oxygen atoms in total. The van der Waals surface area contributed by atoms with Crippen LogP contribution in [0.25, 0.3) is 6.08 Å². The zero-order chi connectivity index (χ0) is 13.4. The molecule has 0 bridgehead atoms. The molecule has 0 atom stereocenters. The third-order valence-electron chi connectivity index (χ3n) is 2.08. The molecule has 2 aromatic rings. The van der Waals surface area contributed by atoms with Gasteiger partial charge in [-0.1, -0.05) is 61.2 Å². The van der Waals surface area contributed by atoms with E-state index in [-0.39, 0.29) is 56.3 Å². The minimum atomic E-state index is -4.00. The van der Waals surface area contributed by atoms with Crippen molar-refractivity contribution in [3.05, 3.63) is 72.8 Å². The average Bonchev–Trinajstić information content (AvgIpc) is 2.40. The van der Waals surface area contributed by atoms with E-state index in [1.807, 2.05) is 36.4 Å². The quantitative estimate of drug-likeness (QED) is 0.685. The van der Waals surface area contributed by atoms with E-state index in [2.05, 4.69) is 6.58 Å². The van der Waals surface area contributed by atoms with Crippen LogP contribution in [0.15, 0.2) is 72.1 Å². The van der Waals surface area contributed by atoms with Crippen molar-refractivity contribution in [3.8, 4) is 0 Å². The van der Waals surface area contributed by atoms with Crippen LogP contribution in [0.4, 0.5) is 0 Å². The Balaban J connectivity index is 0.000000331. The molecule has 0 radical (unpaired) electrons. The summed E-state index contributed by atoms with van der Waals surface area (Å²) in [6.07, 6.45) is 1.83. The summed E-state index contributed by atoms with van der Waals surface area (Å²) in [6, 6.07) is 17.5. The van der Waals surface area contributed by atoms with E-state index in [0.717, 1.165) is 0 Å². The van der Waals surface area contributed by atoms with Crippen molar-refractivity contribution in [3.63, 3.8) is 0 Å². The summed E-state index contributed by atoms with van der Waals surface area (Å²) in [7, 11) is -4.00. The topological polar surface area (TPSA) is 54.4 Å². The molecular formula is C14H15KO3S. The summed E-state index contributed by atoms with van der Waals surface area (Å²) >= 11 is 0. The van der Waals surface area contributed by atoms with Crippen molar-refractivity contribution in [2.45, 2.75) is 4.90 Å². The van der Waals surface area contributed by atoms with Crippen LogP contribution in [-0.2, 0) is 10.1 Å². The van der Waals surface area contributed by atoms with E-state index in [0.29, 0.717) is 0 Å². The van der Waals surface area contributed by atoms with Gasteiger partial charge in [0.15, 0.2) is 0 Å². The van der Waals surface area contributed by atoms with E-state index in [9.17, 15) is 8.42 Å². The maximum atomic E-state index is 10.4. The first-order chi connectivity index (χ1) is 8.54. The van der Waals surface area contributed by atoms with Gasteiger partial charge in [-0.25, -0.2) is 0 Å². The molecule has 0 heterocycles. The van der Waals surface area contributed by atoms with E-state index in [1.165, 1.54) is 17.7 Å². The molecule has 0 aliphatic rings. The summed E-state index contributed by atoms with van der Waals surface area (Å²) in [5.74, 6) is 0. The van der Waals surface area contributed by atoms with Crippen LogP contribution in [-0.4, -0.2) is 64.4 Å². The van der Waals surface area contributed by atoms with Gasteiger partial charge in [0.1, 0.15) is 0 Å². The van der Waals surface area contributed by atoms with Crippen LogP contribution in [0.5, 0.6) is 0 Å². The van der Waals surface area contributed by atoms with Crippen molar-refractivity contribution >= 4 is 67.6 Å². The molecule has 1 N–H and O–H groups in total. The van der Waals surface area contributed by atoms with Crippen molar-refractivity contribution in [2.75, 3.05) is 0 Å². The van der Waals surface area contributed by atoms with E-state index in [4.69, 9.17) is 4.55 Å². The Labute approximate surface area is 156 Å². The minimum absolute atomic E-state index is 0. The molecule has 5 heteroatoms. The number of hydrogen-bond donors (Lipinski definition) is 1. The monoisotopic (exact) mass is 302 g/mol. The normalized spacial score (nSPS) is 9.53. The zero-order valence-corrected chi connectivity index (χ0v) is 10.5. The van der Waals surface area contributed by atoms with Crippen LogP contribution in [0.2, 0.25) is 0 Å². The van der Waals surface area contributed by atoms with Gasteiger partial charge in [-0.05, 0) is 17.7 Å². The van der Waals surface area contributed by atoms with E-state index >= 15 is 0 Å². The molecule has 0 amide bonds. The van der Waals surface area contributed by atoms with Crippen LogP contribution in [0.3, 0.4) is 0 Å². The van der Waals surface area contributed by atoms with Crippen LogP contribution < -0.4 is 0 Å². The number of hydrogen-bond acceptors (Lipinski definition) is 2. The summed E-state index contributed by atoms with van der Waals surface area (Å²) in [6.45, 7) is 3.63. The molecule has 0 saturated heterocycles. The standard InChI is InChI=1S/C8H8.C6H6O3S.K.H/c1-2-8-6-4-3-5-7-8;7-10(8,9)6-4-2-1-3-5-6;;/h2-7H,1H2;1-5H,(H,7,8,9);;. The molecule has 19 heavy (non-hydrogen) atoms. The van der Waals surface area contributed by atoms with Gasteiger partial charge in [-0.2, -0.15) is 8.42 Å². The first-order valence-electron chi connectivity index (χ1n) is 5.24. The fraction of sp³-hybridized carbons (Fsp3) is 0. The van der Waals surface area contributed by atoms with Crippen LogP contribution in [0.1, 0.15) is 5.56 Å². The second kappa shape index (κ2) is 9.60. The first-order valence-corrected chi connectivity index (χ1v) is 6.68. The first kappa shape index (κ1) is 18.7. The van der Waals surface area contributed by atoms with Gasteiger partial charge in [-0.3, -0.25) is 4.55 Å². The fourth-order valence-corrected chi connectivity index (χ4v) is 1.68. The van der Waals surface area contributed by atoms with Crippen molar-refractivity contribution in [1.82, 2.24) is 0 Å². The summed E-state index contributed by atoms with van der Waals surface area (Å²) in [5.41, 5.74) is 1.17. The van der Waals surface area contributed by atoms with Gasteiger partial charge in [0, 0.05) is 0 Å². The summed E-state index contributed by atoms with van der Waals surface area (Å²) in [4.78, 5) is -0.0741. The molecule has 0 fully saturated rings. The molecular weight excluding hydrogens is 287 g/mol. The van der Waals surface area contributed by atoms with Crippen molar-refractivity contribution in [1.29, 1.82) is 0 Å². The Morgan fingerprint density at radius 1 is 0.895 bits per heavy atom. The zero-order valence-electron chi connectivity index (χ0n) is 9.73. The molecule has 0 spiro atoms. The molecule has 0 unspecified atom stereocenters. The fourth-order valence-electron chi connectivity index (χ4n) is 1.18. The summed E-state index contributed by atoms with van der Waals surface area (Å²) in [5, 5.41) is 0. The molecule has 0 aliphatic carbocycles. The number of benzene rings is 2. The Kier molecular flexibility index (Phi) is 9.46. The third-order valence-corrected chi connectivity index (χ3v) is 2.94. The molecule has 96 valence electrons. The predicted molar refractivity (Wildman–Crippen MR) is 79.9 cm³/mol. The Morgan fingerprint density at radius 2 is 1.32 bits per heavy atom. The summed E-state index contributed by atoms with van der Waals surface area (Å²) < 4.78 is 29.2. The molecule has 2 rings (SSSR count). The Hall–Kier alpha value is -0.274. The second-order valence-electron chi connectivity index (χ2n) is 3.40. The van der Waals surface area contributed by atoms with Gasteiger partial charge < -0.3 is 0 Å². The average molecular weight is 302 g/mol. The van der Waals surface area contributed by atoms with Crippen molar-refractivity contribution in [2.24, 2.45) is 0 Å². The van der Waals surface area contributed by atoms with Gasteiger partial charge in [0.2, 0.25) is 0 Å². The molecule has 0 saturated carbocycles. The van der Waals surface area contributed by atoms with Crippen molar-refractivity contribution < 1.29 is 13.0 Å².